The highest BCUT2D eigenvalue weighted by atomic mass is 16.5. The lowest BCUT2D eigenvalue weighted by Gasteiger charge is -2.20. The van der Waals surface area contributed by atoms with Crippen LogP contribution in [0, 0.1) is 0 Å². The van der Waals surface area contributed by atoms with E-state index in [0.717, 1.165) is 32.1 Å². The molecule has 4 nitrogen and oxygen atoms in total. The van der Waals surface area contributed by atoms with Crippen molar-refractivity contribution >= 4 is 5.91 Å². The number of carbonyl (C=O) groups excluding carboxylic acids is 1. The Bertz CT molecular complexity index is 198. The van der Waals surface area contributed by atoms with Gasteiger partial charge < -0.3 is 15.8 Å². The third-order valence-corrected chi connectivity index (χ3v) is 2.86. The third kappa shape index (κ3) is 8.16. The largest absolute Gasteiger partial charge is 0.385 e. The van der Waals surface area contributed by atoms with Crippen LogP contribution >= 0.6 is 0 Å². The molecular weight excluding hydrogens is 216 g/mol. The van der Waals surface area contributed by atoms with Gasteiger partial charge in [0.2, 0.25) is 5.91 Å². The van der Waals surface area contributed by atoms with E-state index in [2.05, 4.69) is 19.2 Å². The quantitative estimate of drug-likeness (QED) is 0.616. The Morgan fingerprint density at radius 1 is 1.24 bits per heavy atom. The molecule has 0 radical (unpaired) electrons. The van der Waals surface area contributed by atoms with Crippen LogP contribution in [0.4, 0.5) is 0 Å². The summed E-state index contributed by atoms with van der Waals surface area (Å²) in [4.78, 5) is 11.8. The third-order valence-electron chi connectivity index (χ3n) is 2.86. The van der Waals surface area contributed by atoms with E-state index in [9.17, 15) is 4.79 Å². The summed E-state index contributed by atoms with van der Waals surface area (Å²) in [5.74, 6) is -0.0448. The number of carbonyl (C=O) groups is 1. The average molecular weight is 244 g/mol. The summed E-state index contributed by atoms with van der Waals surface area (Å²) in [7, 11) is 1.62. The molecule has 0 bridgehead atoms. The van der Waals surface area contributed by atoms with E-state index in [1.807, 2.05) is 0 Å². The monoisotopic (exact) mass is 244 g/mol. The van der Waals surface area contributed by atoms with Crippen LogP contribution in [-0.2, 0) is 9.53 Å². The first-order valence-corrected chi connectivity index (χ1v) is 6.70. The molecule has 0 fully saturated rings. The molecule has 3 N–H and O–H groups in total. The lowest BCUT2D eigenvalue weighted by molar-refractivity contribution is -0.123. The standard InChI is InChI=1S/C13H28N2O2/c1-4-6-8-11(7-5-2)15-13(16)12(14)9-10-17-3/h11-12H,4-10,14H2,1-3H3,(H,15,16). The van der Waals surface area contributed by atoms with Crippen LogP contribution in [0.25, 0.3) is 0 Å². The maximum Gasteiger partial charge on any atom is 0.237 e. The Balaban J connectivity index is 4.00. The summed E-state index contributed by atoms with van der Waals surface area (Å²) in [6, 6.07) is -0.169. The van der Waals surface area contributed by atoms with Crippen molar-refractivity contribution in [2.75, 3.05) is 13.7 Å². The number of rotatable bonds is 10. The first-order chi connectivity index (χ1) is 8.15. The summed E-state index contributed by atoms with van der Waals surface area (Å²) < 4.78 is 4.92. The van der Waals surface area contributed by atoms with E-state index in [1.54, 1.807) is 7.11 Å². The molecule has 2 atom stereocenters. The second-order valence-electron chi connectivity index (χ2n) is 4.52. The molecule has 0 aromatic heterocycles. The van der Waals surface area contributed by atoms with Crippen molar-refractivity contribution in [2.24, 2.45) is 5.73 Å². The van der Waals surface area contributed by atoms with E-state index < -0.39 is 6.04 Å². The van der Waals surface area contributed by atoms with Crippen LogP contribution in [0.5, 0.6) is 0 Å². The summed E-state index contributed by atoms with van der Waals surface area (Å²) in [5.41, 5.74) is 5.78. The molecule has 0 aliphatic carbocycles. The fourth-order valence-electron chi connectivity index (χ4n) is 1.77. The second-order valence-corrected chi connectivity index (χ2v) is 4.52. The normalized spacial score (nSPS) is 14.4. The zero-order chi connectivity index (χ0) is 13.1. The number of hydrogen-bond acceptors (Lipinski definition) is 3. The first-order valence-electron chi connectivity index (χ1n) is 6.70. The van der Waals surface area contributed by atoms with E-state index in [-0.39, 0.29) is 11.9 Å². The molecule has 0 rings (SSSR count). The molecule has 0 aromatic carbocycles. The molecule has 2 unspecified atom stereocenters. The van der Waals surface area contributed by atoms with Gasteiger partial charge in [0, 0.05) is 19.8 Å². The van der Waals surface area contributed by atoms with Crippen molar-refractivity contribution in [1.82, 2.24) is 5.32 Å². The lowest BCUT2D eigenvalue weighted by atomic mass is 10.0. The number of ether oxygens (including phenoxy) is 1. The van der Waals surface area contributed by atoms with Gasteiger partial charge in [-0.3, -0.25) is 4.79 Å². The zero-order valence-electron chi connectivity index (χ0n) is 11.5. The molecule has 102 valence electrons. The Labute approximate surface area is 105 Å². The minimum Gasteiger partial charge on any atom is -0.385 e. The highest BCUT2D eigenvalue weighted by molar-refractivity contribution is 5.81. The molecule has 0 aromatic rings. The van der Waals surface area contributed by atoms with Crippen LogP contribution in [0.3, 0.4) is 0 Å². The molecule has 17 heavy (non-hydrogen) atoms. The zero-order valence-corrected chi connectivity index (χ0v) is 11.5. The maximum atomic E-state index is 11.8. The molecule has 0 saturated carbocycles. The van der Waals surface area contributed by atoms with Crippen LogP contribution in [0.15, 0.2) is 0 Å². The van der Waals surface area contributed by atoms with Gasteiger partial charge in [0.05, 0.1) is 6.04 Å². The number of hydrogen-bond donors (Lipinski definition) is 2. The van der Waals surface area contributed by atoms with Gasteiger partial charge in [0.25, 0.3) is 0 Å². The molecule has 0 heterocycles. The summed E-state index contributed by atoms with van der Waals surface area (Å²) >= 11 is 0. The van der Waals surface area contributed by atoms with Crippen LogP contribution in [0.1, 0.15) is 52.4 Å². The predicted molar refractivity (Wildman–Crippen MR) is 70.8 cm³/mol. The highest BCUT2D eigenvalue weighted by Crippen LogP contribution is 2.07. The number of amides is 1. The van der Waals surface area contributed by atoms with Crippen molar-refractivity contribution in [3.05, 3.63) is 0 Å². The number of methoxy groups -OCH3 is 1. The van der Waals surface area contributed by atoms with E-state index >= 15 is 0 Å². The van der Waals surface area contributed by atoms with Crippen LogP contribution < -0.4 is 11.1 Å². The van der Waals surface area contributed by atoms with Gasteiger partial charge in [-0.1, -0.05) is 33.1 Å². The molecule has 0 spiro atoms. The fraction of sp³-hybridized carbons (Fsp3) is 0.923. The van der Waals surface area contributed by atoms with Gasteiger partial charge in [-0.2, -0.15) is 0 Å². The maximum absolute atomic E-state index is 11.8. The van der Waals surface area contributed by atoms with Gasteiger partial charge in [0.1, 0.15) is 0 Å². The second kappa shape index (κ2) is 10.5. The molecule has 1 amide bonds. The predicted octanol–water partition coefficient (Wildman–Crippen LogP) is 1.83. The Morgan fingerprint density at radius 2 is 1.94 bits per heavy atom. The SMILES string of the molecule is CCCCC(CCC)NC(=O)C(N)CCOC. The summed E-state index contributed by atoms with van der Waals surface area (Å²) in [5, 5.41) is 3.04. The smallest absolute Gasteiger partial charge is 0.237 e. The van der Waals surface area contributed by atoms with E-state index in [0.29, 0.717) is 13.0 Å². The Morgan fingerprint density at radius 3 is 2.47 bits per heavy atom. The van der Waals surface area contributed by atoms with Crippen molar-refractivity contribution in [2.45, 2.75) is 64.5 Å². The summed E-state index contributed by atoms with van der Waals surface area (Å²) in [6.45, 7) is 4.83. The molecular formula is C13H28N2O2. The highest BCUT2D eigenvalue weighted by Gasteiger charge is 2.16. The van der Waals surface area contributed by atoms with Crippen molar-refractivity contribution in [3.63, 3.8) is 0 Å². The Kier molecular flexibility index (Phi) is 10.2. The van der Waals surface area contributed by atoms with Crippen molar-refractivity contribution < 1.29 is 9.53 Å². The van der Waals surface area contributed by atoms with Crippen molar-refractivity contribution in [1.29, 1.82) is 0 Å². The Hall–Kier alpha value is -0.610. The average Bonchev–Trinajstić information content (AvgIpc) is 2.33. The van der Waals surface area contributed by atoms with Gasteiger partial charge in [-0.05, 0) is 19.3 Å². The van der Waals surface area contributed by atoms with Gasteiger partial charge in [-0.25, -0.2) is 0 Å². The topological polar surface area (TPSA) is 64.4 Å². The summed E-state index contributed by atoms with van der Waals surface area (Å²) in [6.07, 6.45) is 6.05. The van der Waals surface area contributed by atoms with Crippen LogP contribution in [-0.4, -0.2) is 31.7 Å². The minimum absolute atomic E-state index is 0.0448. The van der Waals surface area contributed by atoms with E-state index in [1.165, 1.54) is 0 Å². The fourth-order valence-corrected chi connectivity index (χ4v) is 1.77. The van der Waals surface area contributed by atoms with Gasteiger partial charge >= 0.3 is 0 Å². The number of nitrogens with two attached hydrogens (primary N) is 1. The lowest BCUT2D eigenvalue weighted by Crippen LogP contribution is -2.45. The van der Waals surface area contributed by atoms with Crippen molar-refractivity contribution in [3.8, 4) is 0 Å². The first kappa shape index (κ1) is 16.4. The number of unbranched alkanes of at least 4 members (excludes halogenated alkanes) is 1. The van der Waals surface area contributed by atoms with Crippen LogP contribution in [0.2, 0.25) is 0 Å². The van der Waals surface area contributed by atoms with E-state index in [4.69, 9.17) is 10.5 Å². The molecule has 0 aliphatic rings. The van der Waals surface area contributed by atoms with Gasteiger partial charge in [-0.15, -0.1) is 0 Å². The molecule has 0 saturated heterocycles. The molecule has 0 aliphatic heterocycles. The molecule has 4 heteroatoms. The van der Waals surface area contributed by atoms with Gasteiger partial charge in [0.15, 0.2) is 0 Å². The minimum atomic E-state index is -0.448. The number of nitrogens with one attached hydrogen (secondary N) is 1.